The lowest BCUT2D eigenvalue weighted by Gasteiger charge is -2.16. The molecule has 0 aromatic carbocycles. The fourth-order valence-corrected chi connectivity index (χ4v) is 0.381. The molecule has 0 rings (SSSR count). The summed E-state index contributed by atoms with van der Waals surface area (Å²) in [6.45, 7) is 1.80. The molecule has 0 aliphatic carbocycles. The third-order valence-corrected chi connectivity index (χ3v) is 1.32. The highest BCUT2D eigenvalue weighted by Gasteiger charge is 2.13. The molecule has 1 atom stereocenters. The second kappa shape index (κ2) is 5.50. The number of esters is 1. The molecule has 4 heteroatoms. The predicted octanol–water partition coefficient (Wildman–Crippen LogP) is 0.531. The molecule has 0 aliphatic rings. The molecule has 0 aliphatic heterocycles. The first-order valence-corrected chi connectivity index (χ1v) is 2.84. The van der Waals surface area contributed by atoms with Crippen LogP contribution in [0, 0.1) is 0 Å². The number of likely N-dealkylation sites (N-methyl/N-ethyl adjacent to an activating group) is 1. The average molecular weight is 168 g/mol. The smallest absolute Gasteiger partial charge is 0.322 e. The summed E-state index contributed by atoms with van der Waals surface area (Å²) in [7, 11) is 5.06. The standard InChI is InChI=1S/C6H13NO2.ClH/c1-5(7(2)3)6(8)9-4;/h5H,1-4H3;1H. The van der Waals surface area contributed by atoms with E-state index < -0.39 is 0 Å². The average Bonchev–Trinajstić information content (AvgIpc) is 1.84. The summed E-state index contributed by atoms with van der Waals surface area (Å²) in [4.78, 5) is 12.5. The Morgan fingerprint density at radius 3 is 2.00 bits per heavy atom. The summed E-state index contributed by atoms with van der Waals surface area (Å²) in [5.74, 6) is -0.194. The van der Waals surface area contributed by atoms with Crippen molar-refractivity contribution in [3.8, 4) is 0 Å². The lowest BCUT2D eigenvalue weighted by atomic mass is 10.3. The summed E-state index contributed by atoms with van der Waals surface area (Å²) < 4.78 is 4.49. The highest BCUT2D eigenvalue weighted by molar-refractivity contribution is 5.85. The van der Waals surface area contributed by atoms with Gasteiger partial charge in [-0.3, -0.25) is 9.69 Å². The number of nitrogens with zero attached hydrogens (tertiary/aromatic N) is 1. The largest absolute Gasteiger partial charge is 0.468 e. The molecule has 0 fully saturated rings. The van der Waals surface area contributed by atoms with Crippen LogP contribution in [0.25, 0.3) is 0 Å². The summed E-state index contributed by atoms with van der Waals surface area (Å²) in [6.07, 6.45) is 0. The molecule has 10 heavy (non-hydrogen) atoms. The Bertz CT molecular complexity index is 106. The van der Waals surface area contributed by atoms with Gasteiger partial charge in [0, 0.05) is 0 Å². The van der Waals surface area contributed by atoms with E-state index in [-0.39, 0.29) is 24.4 Å². The molecule has 0 aromatic rings. The first-order chi connectivity index (χ1) is 4.09. The van der Waals surface area contributed by atoms with E-state index in [1.165, 1.54) is 7.11 Å². The molecule has 0 radical (unpaired) electrons. The zero-order valence-electron chi connectivity index (χ0n) is 6.75. The minimum Gasteiger partial charge on any atom is -0.468 e. The predicted molar refractivity (Wildman–Crippen MR) is 42.4 cm³/mol. The molecular weight excluding hydrogens is 154 g/mol. The van der Waals surface area contributed by atoms with Crippen LogP contribution in [0.1, 0.15) is 6.92 Å². The van der Waals surface area contributed by atoms with Crippen LogP contribution in [-0.2, 0) is 9.53 Å². The Kier molecular flexibility index (Phi) is 6.82. The minimum atomic E-state index is -0.194. The van der Waals surface area contributed by atoms with Crippen molar-refractivity contribution in [2.24, 2.45) is 0 Å². The van der Waals surface area contributed by atoms with E-state index in [4.69, 9.17) is 0 Å². The fraction of sp³-hybridized carbons (Fsp3) is 0.833. The fourth-order valence-electron chi connectivity index (χ4n) is 0.381. The molecule has 0 saturated heterocycles. The number of rotatable bonds is 2. The van der Waals surface area contributed by atoms with Gasteiger partial charge in [-0.15, -0.1) is 12.4 Å². The van der Waals surface area contributed by atoms with Gasteiger partial charge in [0.05, 0.1) is 7.11 Å². The molecule has 0 spiro atoms. The number of carbonyl (C=O) groups is 1. The van der Waals surface area contributed by atoms with Gasteiger partial charge in [-0.2, -0.15) is 0 Å². The van der Waals surface area contributed by atoms with Gasteiger partial charge in [0.25, 0.3) is 0 Å². The van der Waals surface area contributed by atoms with Crippen molar-refractivity contribution >= 4 is 18.4 Å². The number of hydrogen-bond acceptors (Lipinski definition) is 3. The third-order valence-electron chi connectivity index (χ3n) is 1.32. The molecule has 1 unspecified atom stereocenters. The molecule has 0 bridgehead atoms. The van der Waals surface area contributed by atoms with Gasteiger partial charge < -0.3 is 4.74 Å². The zero-order valence-corrected chi connectivity index (χ0v) is 7.57. The molecule has 0 saturated carbocycles. The SMILES string of the molecule is COC(=O)C(C)N(C)C.Cl. The number of halogens is 1. The molecule has 0 N–H and O–H groups in total. The van der Waals surface area contributed by atoms with Crippen molar-refractivity contribution in [3.63, 3.8) is 0 Å². The van der Waals surface area contributed by atoms with E-state index in [2.05, 4.69) is 4.74 Å². The van der Waals surface area contributed by atoms with E-state index in [0.29, 0.717) is 0 Å². The quantitative estimate of drug-likeness (QED) is 0.562. The van der Waals surface area contributed by atoms with Crippen LogP contribution in [0.15, 0.2) is 0 Å². The Morgan fingerprint density at radius 1 is 1.50 bits per heavy atom. The van der Waals surface area contributed by atoms with E-state index in [9.17, 15) is 4.79 Å². The van der Waals surface area contributed by atoms with Gasteiger partial charge in [0.15, 0.2) is 0 Å². The van der Waals surface area contributed by atoms with Crippen LogP contribution in [0.2, 0.25) is 0 Å². The van der Waals surface area contributed by atoms with Crippen LogP contribution in [0.4, 0.5) is 0 Å². The van der Waals surface area contributed by atoms with Gasteiger partial charge >= 0.3 is 5.97 Å². The van der Waals surface area contributed by atoms with Crippen molar-refractivity contribution in [1.29, 1.82) is 0 Å². The Hall–Kier alpha value is -0.280. The van der Waals surface area contributed by atoms with Crippen LogP contribution in [-0.4, -0.2) is 38.1 Å². The second-order valence-corrected chi connectivity index (χ2v) is 2.16. The monoisotopic (exact) mass is 167 g/mol. The highest BCUT2D eigenvalue weighted by Crippen LogP contribution is 1.92. The van der Waals surface area contributed by atoms with Crippen molar-refractivity contribution in [2.75, 3.05) is 21.2 Å². The van der Waals surface area contributed by atoms with E-state index in [1.807, 2.05) is 14.1 Å². The van der Waals surface area contributed by atoms with Crippen molar-refractivity contribution in [1.82, 2.24) is 4.90 Å². The Balaban J connectivity index is 0. The summed E-state index contributed by atoms with van der Waals surface area (Å²) in [6, 6.07) is -0.144. The van der Waals surface area contributed by atoms with Gasteiger partial charge in [-0.25, -0.2) is 0 Å². The van der Waals surface area contributed by atoms with Gasteiger partial charge in [0.2, 0.25) is 0 Å². The Morgan fingerprint density at radius 2 is 1.90 bits per heavy atom. The molecule has 62 valence electrons. The Labute approximate surface area is 67.8 Å². The van der Waals surface area contributed by atoms with Gasteiger partial charge in [-0.05, 0) is 21.0 Å². The van der Waals surface area contributed by atoms with E-state index in [1.54, 1.807) is 11.8 Å². The molecule has 0 amide bonds. The summed E-state index contributed by atoms with van der Waals surface area (Å²) in [5.41, 5.74) is 0. The normalized spacial score (nSPS) is 12.1. The number of ether oxygens (including phenoxy) is 1. The van der Waals surface area contributed by atoms with Gasteiger partial charge in [0.1, 0.15) is 6.04 Å². The molecule has 3 nitrogen and oxygen atoms in total. The molecule has 0 aromatic heterocycles. The first-order valence-electron chi connectivity index (χ1n) is 2.84. The minimum absolute atomic E-state index is 0. The summed E-state index contributed by atoms with van der Waals surface area (Å²) in [5, 5.41) is 0. The number of hydrogen-bond donors (Lipinski definition) is 0. The molecular formula is C6H14ClNO2. The van der Waals surface area contributed by atoms with Crippen LogP contribution in [0.5, 0.6) is 0 Å². The maximum absolute atomic E-state index is 10.7. The maximum atomic E-state index is 10.7. The number of carbonyl (C=O) groups excluding carboxylic acids is 1. The maximum Gasteiger partial charge on any atom is 0.322 e. The van der Waals surface area contributed by atoms with Crippen molar-refractivity contribution in [3.05, 3.63) is 0 Å². The van der Waals surface area contributed by atoms with Gasteiger partial charge in [-0.1, -0.05) is 0 Å². The van der Waals surface area contributed by atoms with Crippen LogP contribution >= 0.6 is 12.4 Å². The van der Waals surface area contributed by atoms with E-state index in [0.717, 1.165) is 0 Å². The topological polar surface area (TPSA) is 29.5 Å². The lowest BCUT2D eigenvalue weighted by molar-refractivity contribution is -0.145. The third kappa shape index (κ3) is 3.69. The number of methoxy groups -OCH3 is 1. The second-order valence-electron chi connectivity index (χ2n) is 2.16. The first kappa shape index (κ1) is 12.4. The van der Waals surface area contributed by atoms with E-state index >= 15 is 0 Å². The highest BCUT2D eigenvalue weighted by atomic mass is 35.5. The van der Waals surface area contributed by atoms with Crippen LogP contribution in [0.3, 0.4) is 0 Å². The zero-order chi connectivity index (χ0) is 7.44. The summed E-state index contributed by atoms with van der Waals surface area (Å²) >= 11 is 0. The van der Waals surface area contributed by atoms with Crippen molar-refractivity contribution in [2.45, 2.75) is 13.0 Å². The lowest BCUT2D eigenvalue weighted by Crippen LogP contribution is -2.33. The van der Waals surface area contributed by atoms with Crippen LogP contribution < -0.4 is 0 Å². The molecule has 0 heterocycles. The van der Waals surface area contributed by atoms with Crippen molar-refractivity contribution < 1.29 is 9.53 Å².